The van der Waals surface area contributed by atoms with Crippen molar-refractivity contribution in [3.8, 4) is 0 Å². The number of Topliss-reactive ketones (excluding diaryl/α,β-unsaturated/α-hetero) is 1. The van der Waals surface area contributed by atoms with Crippen molar-refractivity contribution >= 4 is 23.0 Å². The zero-order valence-corrected chi connectivity index (χ0v) is 12.2. The second kappa shape index (κ2) is 7.25. The first-order valence-electron chi connectivity index (χ1n) is 6.22. The van der Waals surface area contributed by atoms with Gasteiger partial charge in [-0.15, -0.1) is 11.6 Å². The van der Waals surface area contributed by atoms with E-state index in [-0.39, 0.29) is 11.6 Å². The lowest BCUT2D eigenvalue weighted by atomic mass is 9.97. The summed E-state index contributed by atoms with van der Waals surface area (Å²) in [5.74, 6) is 0.0617. The smallest absolute Gasteiger partial charge is 0.163 e. The molecule has 0 atom stereocenters. The van der Waals surface area contributed by atoms with Crippen molar-refractivity contribution < 1.29 is 9.18 Å². The van der Waals surface area contributed by atoms with Gasteiger partial charge >= 0.3 is 0 Å². The van der Waals surface area contributed by atoms with Crippen molar-refractivity contribution in [2.45, 2.75) is 27.2 Å². The van der Waals surface area contributed by atoms with Gasteiger partial charge in [-0.25, -0.2) is 4.39 Å². The molecule has 102 valence electrons. The number of alkyl halides is 1. The molecule has 0 unspecified atom stereocenters. The van der Waals surface area contributed by atoms with E-state index in [0.29, 0.717) is 17.9 Å². The predicted molar refractivity (Wildman–Crippen MR) is 78.8 cm³/mol. The Kier molecular flexibility index (Phi) is 5.97. The molecule has 0 saturated heterocycles. The van der Waals surface area contributed by atoms with Crippen LogP contribution in [0.1, 0.15) is 32.8 Å². The van der Waals surface area contributed by atoms with E-state index in [1.54, 1.807) is 18.2 Å². The summed E-state index contributed by atoms with van der Waals surface area (Å²) in [5.41, 5.74) is 3.29. The van der Waals surface area contributed by atoms with Crippen LogP contribution in [0.25, 0.3) is 5.57 Å². The maximum atomic E-state index is 13.0. The van der Waals surface area contributed by atoms with E-state index in [9.17, 15) is 9.18 Å². The average molecular weight is 281 g/mol. The molecule has 1 aromatic carbocycles. The lowest BCUT2D eigenvalue weighted by Crippen LogP contribution is -2.01. The Morgan fingerprint density at radius 1 is 1.26 bits per heavy atom. The number of hydrogen-bond acceptors (Lipinski definition) is 1. The Balaban J connectivity index is 3.30. The molecule has 1 nitrogen and oxygen atoms in total. The normalized spacial score (nSPS) is 11.3. The van der Waals surface area contributed by atoms with Crippen LogP contribution in [0.5, 0.6) is 0 Å². The predicted octanol–water partition coefficient (Wildman–Crippen LogP) is 4.76. The minimum Gasteiger partial charge on any atom is -0.294 e. The van der Waals surface area contributed by atoms with Crippen molar-refractivity contribution in [1.29, 1.82) is 0 Å². The van der Waals surface area contributed by atoms with Gasteiger partial charge < -0.3 is 0 Å². The zero-order chi connectivity index (χ0) is 14.4. The van der Waals surface area contributed by atoms with Crippen molar-refractivity contribution in [3.63, 3.8) is 0 Å². The topological polar surface area (TPSA) is 17.1 Å². The van der Waals surface area contributed by atoms with Crippen molar-refractivity contribution in [2.24, 2.45) is 0 Å². The van der Waals surface area contributed by atoms with Gasteiger partial charge in [0.05, 0.1) is 0 Å². The van der Waals surface area contributed by atoms with Crippen LogP contribution in [0.3, 0.4) is 0 Å². The van der Waals surface area contributed by atoms with Crippen LogP contribution in [0.15, 0.2) is 41.5 Å². The Hall–Kier alpha value is -1.41. The van der Waals surface area contributed by atoms with Gasteiger partial charge in [0.1, 0.15) is 5.82 Å². The van der Waals surface area contributed by atoms with Gasteiger partial charge in [-0.3, -0.25) is 4.79 Å². The van der Waals surface area contributed by atoms with E-state index >= 15 is 0 Å². The van der Waals surface area contributed by atoms with Gasteiger partial charge in [0.2, 0.25) is 0 Å². The molecule has 0 heterocycles. The first-order chi connectivity index (χ1) is 8.99. The van der Waals surface area contributed by atoms with Gasteiger partial charge in [0, 0.05) is 17.9 Å². The summed E-state index contributed by atoms with van der Waals surface area (Å²) in [6.07, 6.45) is 2.21. The minimum atomic E-state index is -0.313. The fraction of sp³-hybridized carbons (Fsp3) is 0.312. The molecule has 0 radical (unpaired) electrons. The molecule has 0 aliphatic rings. The van der Waals surface area contributed by atoms with Gasteiger partial charge in [0.15, 0.2) is 5.78 Å². The Morgan fingerprint density at radius 3 is 2.26 bits per heavy atom. The number of hydrogen-bond donors (Lipinski definition) is 0. The zero-order valence-electron chi connectivity index (χ0n) is 11.5. The molecular weight excluding hydrogens is 263 g/mol. The SMILES string of the molecule is CCC(=O)/C(=C\C(CCl)=C(C)C)c1ccc(F)cc1. The van der Waals surface area contributed by atoms with E-state index < -0.39 is 0 Å². The number of halogens is 2. The third-order valence-electron chi connectivity index (χ3n) is 2.88. The van der Waals surface area contributed by atoms with Crippen molar-refractivity contribution in [2.75, 3.05) is 5.88 Å². The monoisotopic (exact) mass is 280 g/mol. The van der Waals surface area contributed by atoms with Gasteiger partial charge in [0.25, 0.3) is 0 Å². The number of carbonyl (C=O) groups excluding carboxylic acids is 1. The summed E-state index contributed by atoms with van der Waals surface area (Å²) in [5, 5.41) is 0. The summed E-state index contributed by atoms with van der Waals surface area (Å²) >= 11 is 5.89. The van der Waals surface area contributed by atoms with Crippen LogP contribution in [-0.2, 0) is 4.79 Å². The molecule has 0 bridgehead atoms. The van der Waals surface area contributed by atoms with Crippen LogP contribution in [0.4, 0.5) is 4.39 Å². The molecule has 19 heavy (non-hydrogen) atoms. The second-order valence-electron chi connectivity index (χ2n) is 4.50. The summed E-state index contributed by atoms with van der Waals surface area (Å²) in [6, 6.07) is 5.95. The highest BCUT2D eigenvalue weighted by molar-refractivity contribution is 6.23. The van der Waals surface area contributed by atoms with E-state index in [1.807, 2.05) is 20.8 Å². The molecule has 0 saturated carbocycles. The van der Waals surface area contributed by atoms with Crippen molar-refractivity contribution in [3.05, 3.63) is 52.9 Å². The maximum Gasteiger partial charge on any atom is 0.163 e. The van der Waals surface area contributed by atoms with Gasteiger partial charge in [-0.1, -0.05) is 24.6 Å². The van der Waals surface area contributed by atoms with E-state index in [1.165, 1.54) is 12.1 Å². The first-order valence-corrected chi connectivity index (χ1v) is 6.76. The Labute approximate surface area is 118 Å². The molecule has 0 amide bonds. The molecule has 3 heteroatoms. The third kappa shape index (κ3) is 4.32. The van der Waals surface area contributed by atoms with E-state index in [0.717, 1.165) is 16.7 Å². The number of benzene rings is 1. The van der Waals surface area contributed by atoms with Gasteiger partial charge in [-0.2, -0.15) is 0 Å². The maximum absolute atomic E-state index is 13.0. The molecule has 1 aromatic rings. The average Bonchev–Trinajstić information content (AvgIpc) is 2.40. The number of ketones is 1. The van der Waals surface area contributed by atoms with Crippen LogP contribution in [-0.4, -0.2) is 11.7 Å². The minimum absolute atomic E-state index is 0.0236. The summed E-state index contributed by atoms with van der Waals surface area (Å²) in [6.45, 7) is 5.71. The standard InChI is InChI=1S/C16H18ClFO/c1-4-16(19)15(9-13(10-17)11(2)3)12-5-7-14(18)8-6-12/h5-9H,4,10H2,1-3H3/b15-9-. The highest BCUT2D eigenvalue weighted by atomic mass is 35.5. The summed E-state index contributed by atoms with van der Waals surface area (Å²) in [4.78, 5) is 12.0. The quantitative estimate of drug-likeness (QED) is 0.432. The molecule has 1 rings (SSSR count). The lowest BCUT2D eigenvalue weighted by molar-refractivity contribution is -0.113. The molecule has 0 N–H and O–H groups in total. The number of rotatable bonds is 5. The van der Waals surface area contributed by atoms with Gasteiger partial charge in [-0.05, 0) is 43.2 Å². The number of carbonyl (C=O) groups is 1. The molecule has 0 aliphatic heterocycles. The first kappa shape index (κ1) is 15.6. The van der Waals surface area contributed by atoms with Crippen LogP contribution < -0.4 is 0 Å². The molecular formula is C16H18ClFO. The summed E-state index contributed by atoms with van der Waals surface area (Å²) < 4.78 is 13.0. The van der Waals surface area contributed by atoms with E-state index in [2.05, 4.69) is 0 Å². The summed E-state index contributed by atoms with van der Waals surface area (Å²) in [7, 11) is 0. The molecule has 0 aromatic heterocycles. The molecule has 0 aliphatic carbocycles. The highest BCUT2D eigenvalue weighted by Gasteiger charge is 2.11. The lowest BCUT2D eigenvalue weighted by Gasteiger charge is -2.08. The Morgan fingerprint density at radius 2 is 1.84 bits per heavy atom. The van der Waals surface area contributed by atoms with Crippen LogP contribution in [0, 0.1) is 5.82 Å². The van der Waals surface area contributed by atoms with Crippen LogP contribution >= 0.6 is 11.6 Å². The van der Waals surface area contributed by atoms with E-state index in [4.69, 9.17) is 11.6 Å². The third-order valence-corrected chi connectivity index (χ3v) is 3.17. The fourth-order valence-corrected chi connectivity index (χ4v) is 1.98. The largest absolute Gasteiger partial charge is 0.294 e. The number of allylic oxidation sites excluding steroid dienone is 4. The fourth-order valence-electron chi connectivity index (χ4n) is 1.64. The molecule has 0 fully saturated rings. The highest BCUT2D eigenvalue weighted by Crippen LogP contribution is 2.21. The van der Waals surface area contributed by atoms with Crippen LogP contribution in [0.2, 0.25) is 0 Å². The second-order valence-corrected chi connectivity index (χ2v) is 4.77. The Bertz CT molecular complexity index is 508. The van der Waals surface area contributed by atoms with Crippen molar-refractivity contribution in [1.82, 2.24) is 0 Å². The molecule has 0 spiro atoms.